The van der Waals surface area contributed by atoms with Crippen LogP contribution in [0.3, 0.4) is 0 Å². The van der Waals surface area contributed by atoms with Crippen LogP contribution < -0.4 is 15.9 Å². The Morgan fingerprint density at radius 3 is 2.57 bits per heavy atom. The molecule has 3 N–H and O–H groups in total. The molecule has 35 heavy (non-hydrogen) atoms. The zero-order chi connectivity index (χ0) is 25.5. The summed E-state index contributed by atoms with van der Waals surface area (Å²) in [5.74, 6) is 0.341. The van der Waals surface area contributed by atoms with E-state index in [0.717, 1.165) is 42.8 Å². The number of benzene rings is 2. The summed E-state index contributed by atoms with van der Waals surface area (Å²) in [6, 6.07) is 6.98. The molecule has 0 amide bonds. The number of anilines is 4. The first kappa shape index (κ1) is 25.4. The number of rotatable bonds is 6. The fourth-order valence-corrected chi connectivity index (χ4v) is 5.69. The van der Waals surface area contributed by atoms with Crippen LogP contribution in [0.15, 0.2) is 41.4 Å². The molecule has 4 rings (SSSR count). The number of fused-ring (bicyclic) bond motifs is 1. The molecule has 0 bridgehead atoms. The second-order valence-electron chi connectivity index (χ2n) is 8.73. The van der Waals surface area contributed by atoms with Gasteiger partial charge < -0.3 is 25.2 Å². The molecule has 2 heterocycles. The summed E-state index contributed by atoms with van der Waals surface area (Å²) in [6.45, 7) is 4.54. The molecule has 0 atom stereocenters. The molecule has 0 fully saturated rings. The summed E-state index contributed by atoms with van der Waals surface area (Å²) in [5.41, 5.74) is 2.86. The molecule has 0 spiro atoms. The largest absolute Gasteiger partial charge is 0.506 e. The summed E-state index contributed by atoms with van der Waals surface area (Å²) in [5, 5.41) is 16.7. The Morgan fingerprint density at radius 2 is 1.89 bits per heavy atom. The molecule has 0 unspecified atom stereocenters. The van der Waals surface area contributed by atoms with Gasteiger partial charge in [-0.2, -0.15) is 13.4 Å². The lowest BCUT2D eigenvalue weighted by Gasteiger charge is -2.25. The van der Waals surface area contributed by atoms with E-state index in [-0.39, 0.29) is 33.5 Å². The van der Waals surface area contributed by atoms with E-state index in [1.807, 2.05) is 13.1 Å². The Hall–Kier alpha value is -2.72. The minimum absolute atomic E-state index is 0.0598. The van der Waals surface area contributed by atoms with Crippen molar-refractivity contribution in [3.05, 3.63) is 52.7 Å². The highest BCUT2D eigenvalue weighted by molar-refractivity contribution is 7.86. The first-order valence-corrected chi connectivity index (χ1v) is 14.9. The van der Waals surface area contributed by atoms with E-state index in [0.29, 0.717) is 5.69 Å². The average molecular weight is 540 g/mol. The third-order valence-electron chi connectivity index (χ3n) is 5.60. The molecular formula is C22H24ClFN5O4PS. The maximum Gasteiger partial charge on any atom is 0.332 e. The van der Waals surface area contributed by atoms with Crippen molar-refractivity contribution in [1.82, 2.24) is 14.9 Å². The predicted octanol–water partition coefficient (Wildman–Crippen LogP) is 4.22. The Labute approximate surface area is 208 Å². The topological polar surface area (TPSA) is 125 Å². The maximum atomic E-state index is 13.5. The van der Waals surface area contributed by atoms with Crippen LogP contribution in [0.4, 0.5) is 27.0 Å². The van der Waals surface area contributed by atoms with Crippen molar-refractivity contribution in [2.45, 2.75) is 17.9 Å². The quantitative estimate of drug-likeness (QED) is 0.240. The highest BCUT2D eigenvalue weighted by Crippen LogP contribution is 2.40. The molecule has 1 aliphatic heterocycles. The van der Waals surface area contributed by atoms with Gasteiger partial charge in [-0.1, -0.05) is 11.6 Å². The third kappa shape index (κ3) is 5.75. The van der Waals surface area contributed by atoms with E-state index in [2.05, 4.69) is 25.5 Å². The average Bonchev–Trinajstić information content (AvgIpc) is 2.75. The summed E-state index contributed by atoms with van der Waals surface area (Å²) in [7, 11) is -5.98. The van der Waals surface area contributed by atoms with Crippen molar-refractivity contribution in [1.29, 1.82) is 0 Å². The highest BCUT2D eigenvalue weighted by Gasteiger charge is 2.23. The second kappa shape index (κ2) is 9.39. The van der Waals surface area contributed by atoms with Crippen molar-refractivity contribution in [2.24, 2.45) is 0 Å². The van der Waals surface area contributed by atoms with E-state index in [9.17, 15) is 22.0 Å². The molecular weight excluding hydrogens is 516 g/mol. The van der Waals surface area contributed by atoms with Crippen LogP contribution in [-0.4, -0.2) is 55.3 Å². The number of nitrogens with one attached hydrogen (secondary N) is 2. The standard InChI is InChI=1S/C22H24ClFN5O4PS/c1-29-7-6-13-9-19(30)18(8-14(13)12-29)27-22-25-11-16(23)21(28-22)26-17-5-4-15(35(24,32)33)10-20(17)34(2,3)31/h4-5,8-11,30H,6-7,12H2,1-3H3,(H2,25,26,27,28). The van der Waals surface area contributed by atoms with Gasteiger partial charge in [0.25, 0.3) is 0 Å². The number of aromatic hydroxyl groups is 1. The molecule has 3 aromatic rings. The van der Waals surface area contributed by atoms with Crippen LogP contribution in [0.5, 0.6) is 5.75 Å². The van der Waals surface area contributed by atoms with Crippen molar-refractivity contribution < 1.29 is 22.0 Å². The van der Waals surface area contributed by atoms with Gasteiger partial charge in [0.05, 0.1) is 22.5 Å². The summed E-state index contributed by atoms with van der Waals surface area (Å²) in [6.07, 6.45) is 2.19. The van der Waals surface area contributed by atoms with Gasteiger partial charge in [0.2, 0.25) is 5.95 Å². The first-order valence-electron chi connectivity index (χ1n) is 10.6. The Balaban J connectivity index is 1.67. The van der Waals surface area contributed by atoms with E-state index in [4.69, 9.17) is 11.6 Å². The third-order valence-corrected chi connectivity index (χ3v) is 8.22. The minimum atomic E-state index is -4.98. The molecule has 1 aromatic heterocycles. The number of hydrogen-bond donors (Lipinski definition) is 3. The Bertz CT molecular complexity index is 1460. The van der Waals surface area contributed by atoms with Gasteiger partial charge in [-0.05, 0) is 68.3 Å². The monoisotopic (exact) mass is 539 g/mol. The summed E-state index contributed by atoms with van der Waals surface area (Å²) in [4.78, 5) is 10.1. The van der Waals surface area contributed by atoms with Crippen LogP contribution >= 0.6 is 18.7 Å². The van der Waals surface area contributed by atoms with Crippen molar-refractivity contribution in [3.8, 4) is 5.75 Å². The van der Waals surface area contributed by atoms with Crippen molar-refractivity contribution >= 4 is 57.4 Å². The van der Waals surface area contributed by atoms with Crippen LogP contribution in [0.25, 0.3) is 0 Å². The zero-order valence-electron chi connectivity index (χ0n) is 19.2. The van der Waals surface area contributed by atoms with E-state index < -0.39 is 22.3 Å². The highest BCUT2D eigenvalue weighted by atomic mass is 35.5. The van der Waals surface area contributed by atoms with Gasteiger partial charge in [0.1, 0.15) is 17.9 Å². The molecule has 1 aliphatic rings. The van der Waals surface area contributed by atoms with Crippen LogP contribution in [0.1, 0.15) is 11.1 Å². The molecule has 0 saturated heterocycles. The zero-order valence-corrected chi connectivity index (χ0v) is 21.7. The summed E-state index contributed by atoms with van der Waals surface area (Å²) >= 11 is 6.27. The number of aromatic nitrogens is 2. The number of likely N-dealkylation sites (N-methyl/N-ethyl adjacent to an activating group) is 1. The van der Waals surface area contributed by atoms with E-state index >= 15 is 0 Å². The number of nitrogens with zero attached hydrogens (tertiary/aromatic N) is 3. The van der Waals surface area contributed by atoms with Crippen LogP contribution in [0, 0.1) is 0 Å². The lowest BCUT2D eigenvalue weighted by Crippen LogP contribution is -2.26. The minimum Gasteiger partial charge on any atom is -0.506 e. The van der Waals surface area contributed by atoms with Gasteiger partial charge >= 0.3 is 10.2 Å². The fraction of sp³-hybridized carbons (Fsp3) is 0.273. The SMILES string of the molecule is CN1CCc2cc(O)c(Nc3ncc(Cl)c(Nc4ccc(S(=O)(=O)F)cc4P(C)(C)=O)n3)cc2C1. The normalized spacial score (nSPS) is 14.4. The van der Waals surface area contributed by atoms with Gasteiger partial charge in [0.15, 0.2) is 5.82 Å². The van der Waals surface area contributed by atoms with Crippen molar-refractivity contribution in [3.63, 3.8) is 0 Å². The number of phenols is 1. The molecule has 9 nitrogen and oxygen atoms in total. The van der Waals surface area contributed by atoms with E-state index in [1.54, 1.807) is 6.07 Å². The lowest BCUT2D eigenvalue weighted by atomic mass is 9.99. The molecule has 13 heteroatoms. The van der Waals surface area contributed by atoms with Crippen LogP contribution in [-0.2, 0) is 27.8 Å². The van der Waals surface area contributed by atoms with Gasteiger partial charge in [-0.25, -0.2) is 4.98 Å². The Kier molecular flexibility index (Phi) is 6.80. The molecule has 0 radical (unpaired) electrons. The molecule has 186 valence electrons. The van der Waals surface area contributed by atoms with Gasteiger partial charge in [0, 0.05) is 18.4 Å². The van der Waals surface area contributed by atoms with Gasteiger partial charge in [-0.3, -0.25) is 0 Å². The number of hydrogen-bond acceptors (Lipinski definition) is 9. The molecule has 0 saturated carbocycles. The predicted molar refractivity (Wildman–Crippen MR) is 136 cm³/mol. The summed E-state index contributed by atoms with van der Waals surface area (Å²) < 4.78 is 49.0. The molecule has 0 aliphatic carbocycles. The first-order chi connectivity index (χ1) is 16.3. The second-order valence-corrected chi connectivity index (χ2v) is 13.7. The van der Waals surface area contributed by atoms with Crippen LogP contribution in [0.2, 0.25) is 5.02 Å². The Morgan fingerprint density at radius 1 is 1.14 bits per heavy atom. The maximum absolute atomic E-state index is 13.5. The number of phenolic OH excluding ortho intramolecular Hbond substituents is 1. The smallest absolute Gasteiger partial charge is 0.332 e. The number of halogens is 2. The van der Waals surface area contributed by atoms with E-state index in [1.165, 1.54) is 25.6 Å². The fourth-order valence-electron chi connectivity index (χ4n) is 3.81. The lowest BCUT2D eigenvalue weighted by molar-refractivity contribution is 0.312. The van der Waals surface area contributed by atoms with Crippen molar-refractivity contribution in [2.75, 3.05) is 37.6 Å². The van der Waals surface area contributed by atoms with Gasteiger partial charge in [-0.15, -0.1) is 3.89 Å². The molecule has 2 aromatic carbocycles.